The van der Waals surface area contributed by atoms with Gasteiger partial charge in [0.15, 0.2) is 0 Å². The first-order chi connectivity index (χ1) is 21.9. The van der Waals surface area contributed by atoms with E-state index in [0.717, 1.165) is 12.6 Å². The Labute approximate surface area is 264 Å². The molecule has 7 heteroatoms. The van der Waals surface area contributed by atoms with Crippen molar-refractivity contribution in [1.29, 1.82) is 0 Å². The predicted molar refractivity (Wildman–Crippen MR) is 185 cm³/mol. The maximum Gasteiger partial charge on any atom is 0.311 e. The number of amides is 2. The number of hydrogen-bond donors (Lipinski definition) is 2. The van der Waals surface area contributed by atoms with E-state index in [4.69, 9.17) is 4.74 Å². The molecule has 0 atom stereocenters. The van der Waals surface area contributed by atoms with Crippen LogP contribution < -0.4 is 31.3 Å². The molecule has 0 unspecified atom stereocenters. The van der Waals surface area contributed by atoms with Gasteiger partial charge in [-0.1, -0.05) is 54.6 Å². The summed E-state index contributed by atoms with van der Waals surface area (Å²) in [4.78, 5) is 36.6. The van der Waals surface area contributed by atoms with Crippen LogP contribution in [-0.4, -0.2) is 23.9 Å². The van der Waals surface area contributed by atoms with Crippen molar-refractivity contribution >= 4 is 52.3 Å². The van der Waals surface area contributed by atoms with Gasteiger partial charge in [-0.3, -0.25) is 14.4 Å². The fourth-order valence-electron chi connectivity index (χ4n) is 5.40. The van der Waals surface area contributed by atoms with Gasteiger partial charge >= 0.3 is 5.97 Å². The lowest BCUT2D eigenvalue weighted by molar-refractivity contribution is -0.134. The van der Waals surface area contributed by atoms with Crippen molar-refractivity contribution in [3.05, 3.63) is 145 Å². The molecule has 2 N–H and O–H groups in total. The average molecular weight is 616 g/mol. The minimum Gasteiger partial charge on any atom is -0.427 e. The number of benzene rings is 5. The summed E-state index contributed by atoms with van der Waals surface area (Å²) in [6.45, 7) is 1.43. The van der Waals surface area contributed by atoms with E-state index in [1.54, 1.807) is 48.5 Å². The molecule has 0 saturated heterocycles. The molecule has 0 aromatic heterocycles. The Balaban J connectivity index is 1.18. The van der Waals surface area contributed by atoms with E-state index in [0.29, 0.717) is 35.5 Å². The third kappa shape index (κ3) is 8.11. The number of carbonyl (C=O) groups is 3. The standard InChI is InChI=1S/C38H35N2O4P/c1-29(41)39-31-22-20-30(21-23-31)38(43)40-32-24-26-33(27-25-32)44-37(42)19-11-12-28-45(34-13-5-2-6-14-34,35-15-7-3-8-16-35)36-17-9-4-10-18-36/h2-10,13-18,20-27H,11-12,19,28H2,1H3,(H-,39,40,41,43)/p+1. The van der Waals surface area contributed by atoms with E-state index in [1.807, 2.05) is 0 Å². The van der Waals surface area contributed by atoms with Gasteiger partial charge in [0.05, 0.1) is 6.16 Å². The molecule has 6 nitrogen and oxygen atoms in total. The van der Waals surface area contributed by atoms with Crippen LogP contribution in [0.25, 0.3) is 0 Å². The second-order valence-corrected chi connectivity index (χ2v) is 14.3. The molecule has 0 fully saturated rings. The first kappa shape index (κ1) is 31.4. The number of rotatable bonds is 12. The van der Waals surface area contributed by atoms with Gasteiger partial charge in [-0.2, -0.15) is 0 Å². The van der Waals surface area contributed by atoms with Crippen LogP contribution in [0.3, 0.4) is 0 Å². The lowest BCUT2D eigenvalue weighted by atomic mass is 10.2. The third-order valence-electron chi connectivity index (χ3n) is 7.53. The van der Waals surface area contributed by atoms with Crippen molar-refractivity contribution in [1.82, 2.24) is 0 Å². The number of unbranched alkanes of at least 4 members (excludes halogenated alkanes) is 1. The number of ether oxygens (including phenoxy) is 1. The Morgan fingerprint density at radius 3 is 1.53 bits per heavy atom. The van der Waals surface area contributed by atoms with Gasteiger partial charge in [0.1, 0.15) is 28.9 Å². The Morgan fingerprint density at radius 1 is 0.578 bits per heavy atom. The van der Waals surface area contributed by atoms with Crippen molar-refractivity contribution in [2.75, 3.05) is 16.8 Å². The molecule has 226 valence electrons. The van der Waals surface area contributed by atoms with Crippen LogP contribution in [0.15, 0.2) is 140 Å². The Bertz CT molecular complexity index is 1610. The highest BCUT2D eigenvalue weighted by Gasteiger charge is 2.44. The Kier molecular flexibility index (Phi) is 10.5. The summed E-state index contributed by atoms with van der Waals surface area (Å²) in [7, 11) is -1.93. The normalized spacial score (nSPS) is 11.0. The van der Waals surface area contributed by atoms with Gasteiger partial charge in [-0.05, 0) is 97.8 Å². The molecule has 0 spiro atoms. The quantitative estimate of drug-likeness (QED) is 0.0688. The number of carbonyl (C=O) groups excluding carboxylic acids is 3. The van der Waals surface area contributed by atoms with Gasteiger partial charge in [-0.15, -0.1) is 0 Å². The predicted octanol–water partition coefficient (Wildman–Crippen LogP) is 6.97. The molecule has 5 aromatic rings. The number of nitrogens with one attached hydrogen (secondary N) is 2. The van der Waals surface area contributed by atoms with E-state index in [-0.39, 0.29) is 17.8 Å². The summed E-state index contributed by atoms with van der Waals surface area (Å²) in [6.07, 6.45) is 2.84. The van der Waals surface area contributed by atoms with Crippen LogP contribution in [-0.2, 0) is 9.59 Å². The summed E-state index contributed by atoms with van der Waals surface area (Å²) < 4.78 is 5.61. The van der Waals surface area contributed by atoms with E-state index in [2.05, 4.69) is 102 Å². The fourth-order valence-corrected chi connectivity index (χ4v) is 9.81. The minimum atomic E-state index is -1.93. The molecule has 0 aliphatic rings. The highest BCUT2D eigenvalue weighted by atomic mass is 31.2. The molecule has 2 amide bonds. The number of esters is 1. The highest BCUT2D eigenvalue weighted by molar-refractivity contribution is 7.95. The first-order valence-corrected chi connectivity index (χ1v) is 17.0. The zero-order valence-corrected chi connectivity index (χ0v) is 26.1. The van der Waals surface area contributed by atoms with E-state index in [9.17, 15) is 14.4 Å². The van der Waals surface area contributed by atoms with Crippen molar-refractivity contribution < 1.29 is 19.1 Å². The van der Waals surface area contributed by atoms with Crippen molar-refractivity contribution in [2.24, 2.45) is 0 Å². The maximum atomic E-state index is 12.8. The zero-order valence-electron chi connectivity index (χ0n) is 25.2. The first-order valence-electron chi connectivity index (χ1n) is 15.0. The smallest absolute Gasteiger partial charge is 0.311 e. The topological polar surface area (TPSA) is 84.5 Å². The largest absolute Gasteiger partial charge is 0.427 e. The molecule has 0 aliphatic heterocycles. The fraction of sp³-hybridized carbons (Fsp3) is 0.132. The molecule has 0 saturated carbocycles. The summed E-state index contributed by atoms with van der Waals surface area (Å²) >= 11 is 0. The van der Waals surface area contributed by atoms with Gasteiger partial charge in [-0.25, -0.2) is 0 Å². The summed E-state index contributed by atoms with van der Waals surface area (Å²) in [5.41, 5.74) is 1.65. The Hall–Kier alpha value is -5.06. The van der Waals surface area contributed by atoms with Gasteiger partial charge < -0.3 is 15.4 Å². The van der Waals surface area contributed by atoms with Crippen molar-refractivity contribution in [3.63, 3.8) is 0 Å². The molecule has 0 bridgehead atoms. The van der Waals surface area contributed by atoms with Crippen LogP contribution in [0.1, 0.15) is 36.5 Å². The van der Waals surface area contributed by atoms with Gasteiger partial charge in [0.25, 0.3) is 5.91 Å². The molecule has 5 aromatic carbocycles. The van der Waals surface area contributed by atoms with Crippen LogP contribution >= 0.6 is 7.26 Å². The molecule has 5 rings (SSSR count). The minimum absolute atomic E-state index is 0.175. The monoisotopic (exact) mass is 615 g/mol. The molecular weight excluding hydrogens is 579 g/mol. The SMILES string of the molecule is CC(=O)Nc1ccc(C(=O)Nc2ccc(OC(=O)CCCC[P+](c3ccccc3)(c3ccccc3)c3ccccc3)cc2)cc1. The molecule has 0 aliphatic carbocycles. The number of anilines is 2. The lowest BCUT2D eigenvalue weighted by Gasteiger charge is -2.27. The Morgan fingerprint density at radius 2 is 1.04 bits per heavy atom. The van der Waals surface area contributed by atoms with E-state index >= 15 is 0 Å². The molecule has 45 heavy (non-hydrogen) atoms. The van der Waals surface area contributed by atoms with E-state index in [1.165, 1.54) is 22.8 Å². The summed E-state index contributed by atoms with van der Waals surface area (Å²) in [6, 6.07) is 45.6. The van der Waals surface area contributed by atoms with Gasteiger partial charge in [0.2, 0.25) is 5.91 Å². The van der Waals surface area contributed by atoms with Crippen LogP contribution in [0, 0.1) is 0 Å². The maximum absolute atomic E-state index is 12.8. The summed E-state index contributed by atoms with van der Waals surface area (Å²) in [5, 5.41) is 9.50. The van der Waals surface area contributed by atoms with Gasteiger partial charge in [0, 0.05) is 30.3 Å². The third-order valence-corrected chi connectivity index (χ3v) is 12.1. The lowest BCUT2D eigenvalue weighted by Crippen LogP contribution is -2.33. The van der Waals surface area contributed by atoms with Crippen LogP contribution in [0.4, 0.5) is 11.4 Å². The average Bonchev–Trinajstić information content (AvgIpc) is 3.07. The zero-order chi connectivity index (χ0) is 31.5. The van der Waals surface area contributed by atoms with Crippen molar-refractivity contribution in [3.8, 4) is 5.75 Å². The second-order valence-electron chi connectivity index (χ2n) is 10.7. The molecule has 0 heterocycles. The second kappa shape index (κ2) is 15.1. The highest BCUT2D eigenvalue weighted by Crippen LogP contribution is 2.56. The molecular formula is C38H36N2O4P+. The summed E-state index contributed by atoms with van der Waals surface area (Å²) in [5.74, 6) is -0.313. The van der Waals surface area contributed by atoms with Crippen LogP contribution in [0.5, 0.6) is 5.75 Å². The molecule has 0 radical (unpaired) electrons. The van der Waals surface area contributed by atoms with E-state index < -0.39 is 7.26 Å². The number of hydrogen-bond acceptors (Lipinski definition) is 4. The van der Waals surface area contributed by atoms with Crippen LogP contribution in [0.2, 0.25) is 0 Å². The van der Waals surface area contributed by atoms with Crippen molar-refractivity contribution in [2.45, 2.75) is 26.2 Å².